The second-order valence-electron chi connectivity index (χ2n) is 6.49. The smallest absolute Gasteiger partial charge is 0.245 e. The summed E-state index contributed by atoms with van der Waals surface area (Å²) in [7, 11) is 1.94. The lowest BCUT2D eigenvalue weighted by atomic mass is 10.0. The zero-order valence-electron chi connectivity index (χ0n) is 13.4. The Balaban J connectivity index is 1.54. The molecule has 4 heteroatoms. The van der Waals surface area contributed by atoms with Crippen LogP contribution < -0.4 is 4.90 Å². The number of anilines is 1. The largest absolute Gasteiger partial charge is 0.359 e. The molecule has 23 heavy (non-hydrogen) atoms. The molecule has 1 fully saturated rings. The molecule has 1 saturated heterocycles. The minimum absolute atomic E-state index is 0.0302. The standard InChI is InChI=1S/C19H21N3O/c1-21-16(11-14-5-3-2-4-6-14)12-18(19(21)23)22-10-8-15-13-20-9-7-17(15)22/h2-7,9,13,16,18H,8,10-12H2,1H3/t16-,18?/m0/s1. The second-order valence-corrected chi connectivity index (χ2v) is 6.49. The molecule has 1 aromatic heterocycles. The van der Waals surface area contributed by atoms with Gasteiger partial charge in [-0.3, -0.25) is 9.78 Å². The van der Waals surface area contributed by atoms with Gasteiger partial charge in [-0.25, -0.2) is 0 Å². The van der Waals surface area contributed by atoms with Crippen molar-refractivity contribution in [1.29, 1.82) is 0 Å². The van der Waals surface area contributed by atoms with Crippen molar-refractivity contribution in [3.8, 4) is 0 Å². The van der Waals surface area contributed by atoms with E-state index in [0.29, 0.717) is 0 Å². The number of carbonyl (C=O) groups is 1. The average Bonchev–Trinajstić information content (AvgIpc) is 3.12. The van der Waals surface area contributed by atoms with E-state index < -0.39 is 0 Å². The number of hydrogen-bond acceptors (Lipinski definition) is 3. The Bertz CT molecular complexity index is 716. The van der Waals surface area contributed by atoms with Crippen LogP contribution in [0.15, 0.2) is 48.8 Å². The number of benzene rings is 1. The third kappa shape index (κ3) is 2.48. The minimum atomic E-state index is -0.0302. The topological polar surface area (TPSA) is 36.4 Å². The summed E-state index contributed by atoms with van der Waals surface area (Å²) in [4.78, 5) is 21.2. The van der Waals surface area contributed by atoms with Crippen LogP contribution in [0, 0.1) is 0 Å². The molecule has 4 nitrogen and oxygen atoms in total. The van der Waals surface area contributed by atoms with E-state index in [1.165, 1.54) is 16.8 Å². The fraction of sp³-hybridized carbons (Fsp3) is 0.368. The third-order valence-electron chi connectivity index (χ3n) is 5.18. The highest BCUT2D eigenvalue weighted by atomic mass is 16.2. The van der Waals surface area contributed by atoms with Crippen molar-refractivity contribution in [3.05, 3.63) is 59.9 Å². The first-order valence-electron chi connectivity index (χ1n) is 8.24. The number of pyridine rings is 1. The maximum atomic E-state index is 12.8. The Kier molecular flexibility index (Phi) is 3.52. The van der Waals surface area contributed by atoms with E-state index in [1.54, 1.807) is 0 Å². The minimum Gasteiger partial charge on any atom is -0.359 e. The number of amides is 1. The lowest BCUT2D eigenvalue weighted by Gasteiger charge is -2.25. The molecule has 118 valence electrons. The van der Waals surface area contributed by atoms with Crippen molar-refractivity contribution in [1.82, 2.24) is 9.88 Å². The first-order chi connectivity index (χ1) is 11.2. The van der Waals surface area contributed by atoms with E-state index >= 15 is 0 Å². The quantitative estimate of drug-likeness (QED) is 0.873. The maximum Gasteiger partial charge on any atom is 0.245 e. The van der Waals surface area contributed by atoms with Gasteiger partial charge in [0.25, 0.3) is 0 Å². The van der Waals surface area contributed by atoms with Crippen LogP contribution in [-0.2, 0) is 17.6 Å². The number of aromatic nitrogens is 1. The van der Waals surface area contributed by atoms with Crippen LogP contribution in [0.2, 0.25) is 0 Å². The first-order valence-corrected chi connectivity index (χ1v) is 8.24. The molecule has 2 aliphatic heterocycles. The molecular weight excluding hydrogens is 286 g/mol. The van der Waals surface area contributed by atoms with Gasteiger partial charge < -0.3 is 9.80 Å². The predicted octanol–water partition coefficient (Wildman–Crippen LogP) is 2.29. The summed E-state index contributed by atoms with van der Waals surface area (Å²) in [6.07, 6.45) is 6.56. The van der Waals surface area contributed by atoms with E-state index in [9.17, 15) is 4.79 Å². The van der Waals surface area contributed by atoms with Gasteiger partial charge in [-0.2, -0.15) is 0 Å². The number of rotatable bonds is 3. The Morgan fingerprint density at radius 1 is 1.22 bits per heavy atom. The van der Waals surface area contributed by atoms with Crippen LogP contribution in [0.5, 0.6) is 0 Å². The van der Waals surface area contributed by atoms with Crippen molar-refractivity contribution in [3.63, 3.8) is 0 Å². The molecule has 0 aliphatic carbocycles. The molecule has 0 saturated carbocycles. The lowest BCUT2D eigenvalue weighted by Crippen LogP contribution is -2.40. The van der Waals surface area contributed by atoms with Gasteiger partial charge >= 0.3 is 0 Å². The monoisotopic (exact) mass is 307 g/mol. The van der Waals surface area contributed by atoms with Crippen LogP contribution in [0.4, 0.5) is 5.69 Å². The Hall–Kier alpha value is -2.36. The SMILES string of the molecule is CN1C(=O)C(N2CCc3cnccc32)C[C@@H]1Cc1ccccc1. The summed E-state index contributed by atoms with van der Waals surface area (Å²) in [6.45, 7) is 0.920. The van der Waals surface area contributed by atoms with Crippen LogP contribution >= 0.6 is 0 Å². The molecule has 4 rings (SSSR count). The number of carbonyl (C=O) groups excluding carboxylic acids is 1. The second kappa shape index (κ2) is 5.69. The molecule has 0 N–H and O–H groups in total. The van der Waals surface area contributed by atoms with Crippen LogP contribution in [0.1, 0.15) is 17.5 Å². The Morgan fingerprint density at radius 3 is 2.87 bits per heavy atom. The predicted molar refractivity (Wildman–Crippen MR) is 90.4 cm³/mol. The van der Waals surface area contributed by atoms with Crippen molar-refractivity contribution < 1.29 is 4.79 Å². The molecule has 0 radical (unpaired) electrons. The summed E-state index contributed by atoms with van der Waals surface area (Å²) in [5.74, 6) is 0.246. The molecular formula is C19H21N3O. The zero-order chi connectivity index (χ0) is 15.8. The molecule has 2 aliphatic rings. The molecule has 1 aromatic carbocycles. The van der Waals surface area contributed by atoms with Crippen LogP contribution in [0.3, 0.4) is 0 Å². The highest BCUT2D eigenvalue weighted by molar-refractivity contribution is 5.88. The fourth-order valence-corrected chi connectivity index (χ4v) is 3.88. The van der Waals surface area contributed by atoms with Gasteiger partial charge in [-0.15, -0.1) is 0 Å². The van der Waals surface area contributed by atoms with Gasteiger partial charge in [0.15, 0.2) is 0 Å². The van der Waals surface area contributed by atoms with Gasteiger partial charge in [0.2, 0.25) is 5.91 Å². The first kappa shape index (κ1) is 14.2. The van der Waals surface area contributed by atoms with Gasteiger partial charge in [0, 0.05) is 37.7 Å². The van der Waals surface area contributed by atoms with Crippen LogP contribution in [0.25, 0.3) is 0 Å². The van der Waals surface area contributed by atoms with Crippen molar-refractivity contribution in [2.24, 2.45) is 0 Å². The zero-order valence-corrected chi connectivity index (χ0v) is 13.4. The summed E-state index contributed by atoms with van der Waals surface area (Å²) >= 11 is 0. The molecule has 2 aromatic rings. The molecule has 2 atom stereocenters. The molecule has 1 amide bonds. The highest BCUT2D eigenvalue weighted by Crippen LogP contribution is 2.34. The maximum absolute atomic E-state index is 12.8. The third-order valence-corrected chi connectivity index (χ3v) is 5.18. The molecule has 3 heterocycles. The van der Waals surface area contributed by atoms with E-state index in [0.717, 1.165) is 25.8 Å². The molecule has 0 spiro atoms. The summed E-state index contributed by atoms with van der Waals surface area (Å²) < 4.78 is 0. The Labute approximate surface area is 136 Å². The van der Waals surface area contributed by atoms with E-state index in [2.05, 4.69) is 34.1 Å². The molecule has 0 bridgehead atoms. The normalized spacial score (nSPS) is 23.4. The number of likely N-dealkylation sites (N-methyl/N-ethyl adjacent to an activating group) is 1. The summed E-state index contributed by atoms with van der Waals surface area (Å²) in [5.41, 5.74) is 3.74. The summed E-state index contributed by atoms with van der Waals surface area (Å²) in [6, 6.07) is 12.7. The number of fused-ring (bicyclic) bond motifs is 1. The van der Waals surface area contributed by atoms with Gasteiger partial charge in [-0.05, 0) is 36.5 Å². The summed E-state index contributed by atoms with van der Waals surface area (Å²) in [5, 5.41) is 0. The number of nitrogens with zero attached hydrogens (tertiary/aromatic N) is 3. The van der Waals surface area contributed by atoms with Crippen molar-refractivity contribution >= 4 is 11.6 Å². The van der Waals surface area contributed by atoms with Crippen molar-refractivity contribution in [2.75, 3.05) is 18.5 Å². The van der Waals surface area contributed by atoms with E-state index in [-0.39, 0.29) is 18.0 Å². The van der Waals surface area contributed by atoms with Gasteiger partial charge in [0.05, 0.1) is 0 Å². The average molecular weight is 307 g/mol. The van der Waals surface area contributed by atoms with E-state index in [1.807, 2.05) is 36.5 Å². The van der Waals surface area contributed by atoms with E-state index in [4.69, 9.17) is 0 Å². The molecule has 1 unspecified atom stereocenters. The highest BCUT2D eigenvalue weighted by Gasteiger charge is 2.42. The van der Waals surface area contributed by atoms with Crippen LogP contribution in [-0.4, -0.2) is 41.5 Å². The number of hydrogen-bond donors (Lipinski definition) is 0. The van der Waals surface area contributed by atoms with Crippen molar-refractivity contribution in [2.45, 2.75) is 31.3 Å². The fourth-order valence-electron chi connectivity index (χ4n) is 3.88. The van der Waals surface area contributed by atoms with Gasteiger partial charge in [-0.1, -0.05) is 30.3 Å². The number of likely N-dealkylation sites (tertiary alicyclic amines) is 1. The van der Waals surface area contributed by atoms with Gasteiger partial charge in [0.1, 0.15) is 6.04 Å². The lowest BCUT2D eigenvalue weighted by molar-refractivity contribution is -0.128. The Morgan fingerprint density at radius 2 is 2.04 bits per heavy atom.